The predicted molar refractivity (Wildman–Crippen MR) is 167 cm³/mol. The average Bonchev–Trinajstić information content (AvgIpc) is 3.64. The second-order valence-electron chi connectivity index (χ2n) is 14.2. The maximum Gasteiger partial charge on any atom is 0.308 e. The van der Waals surface area contributed by atoms with Crippen molar-refractivity contribution in [2.24, 2.45) is 11.3 Å². The Morgan fingerprint density at radius 2 is 1.89 bits per heavy atom. The smallest absolute Gasteiger partial charge is 0.308 e. The summed E-state index contributed by atoms with van der Waals surface area (Å²) >= 11 is 0. The quantitative estimate of drug-likeness (QED) is 0.299. The van der Waals surface area contributed by atoms with Gasteiger partial charge < -0.3 is 33.6 Å². The number of fused-ring (bicyclic) bond motifs is 1. The van der Waals surface area contributed by atoms with Gasteiger partial charge in [-0.1, -0.05) is 27.2 Å². The van der Waals surface area contributed by atoms with Crippen molar-refractivity contribution in [2.75, 3.05) is 80.9 Å². The highest BCUT2D eigenvalue weighted by Gasteiger charge is 2.48. The lowest BCUT2D eigenvalue weighted by Crippen LogP contribution is -2.46. The second kappa shape index (κ2) is 13.9. The Kier molecular flexibility index (Phi) is 10.7. The lowest BCUT2D eigenvalue weighted by Gasteiger charge is -2.31. The maximum atomic E-state index is 13.9. The van der Waals surface area contributed by atoms with E-state index in [4.69, 9.17) is 14.2 Å². The van der Waals surface area contributed by atoms with Crippen molar-refractivity contribution in [2.45, 2.75) is 64.8 Å². The van der Waals surface area contributed by atoms with Crippen LogP contribution in [-0.4, -0.2) is 129 Å². The molecule has 11 heteroatoms. The molecule has 1 N–H and O–H groups in total. The minimum atomic E-state index is -0.912. The van der Waals surface area contributed by atoms with E-state index >= 15 is 0 Å². The fourth-order valence-electron chi connectivity index (χ4n) is 6.83. The fraction of sp³-hybridized carbons (Fsp3) is 0.727. The van der Waals surface area contributed by atoms with E-state index in [2.05, 4.69) is 28.1 Å². The SMILES string of the molecule is CCCCN(CCC[N+](C)(C)C)C(=O)CN1C[C@H](c2cc(OC)c3c(c2)OCO3)C(C(=O)O)[C@@H]1CCN1CCC(C)(C)C1=O. The Labute approximate surface area is 262 Å². The van der Waals surface area contributed by atoms with Crippen molar-refractivity contribution in [3.63, 3.8) is 0 Å². The summed E-state index contributed by atoms with van der Waals surface area (Å²) in [4.78, 5) is 45.8. The number of carboxylic acid groups (broad SMARTS) is 1. The molecule has 3 heterocycles. The van der Waals surface area contributed by atoms with Gasteiger partial charge in [0, 0.05) is 56.5 Å². The van der Waals surface area contributed by atoms with E-state index in [1.165, 1.54) is 0 Å². The molecule has 3 aliphatic rings. The molecule has 0 saturated carbocycles. The van der Waals surface area contributed by atoms with Crippen LogP contribution in [-0.2, 0) is 14.4 Å². The lowest BCUT2D eigenvalue weighted by molar-refractivity contribution is -0.870. The predicted octanol–water partition coefficient (Wildman–Crippen LogP) is 3.27. The molecule has 0 spiro atoms. The van der Waals surface area contributed by atoms with Crippen molar-refractivity contribution in [1.29, 1.82) is 0 Å². The topological polar surface area (TPSA) is 109 Å². The molecule has 44 heavy (non-hydrogen) atoms. The van der Waals surface area contributed by atoms with Gasteiger partial charge in [0.05, 0.1) is 47.3 Å². The summed E-state index contributed by atoms with van der Waals surface area (Å²) in [5.74, 6) is -0.421. The van der Waals surface area contributed by atoms with Crippen LogP contribution < -0.4 is 14.2 Å². The van der Waals surface area contributed by atoms with E-state index in [1.807, 2.05) is 40.7 Å². The highest BCUT2D eigenvalue weighted by molar-refractivity contribution is 5.84. The monoisotopic (exact) mass is 617 g/mol. The van der Waals surface area contributed by atoms with E-state index in [0.717, 1.165) is 42.3 Å². The first-order chi connectivity index (χ1) is 20.8. The van der Waals surface area contributed by atoms with Crippen LogP contribution in [0.2, 0.25) is 0 Å². The zero-order chi connectivity index (χ0) is 32.2. The third-order valence-corrected chi connectivity index (χ3v) is 9.44. The van der Waals surface area contributed by atoms with E-state index < -0.39 is 29.3 Å². The largest absolute Gasteiger partial charge is 0.493 e. The number of ether oxygens (including phenoxy) is 3. The number of unbranched alkanes of at least 4 members (excludes halogenated alkanes) is 1. The molecule has 2 amide bonds. The zero-order valence-electron chi connectivity index (χ0n) is 27.8. The van der Waals surface area contributed by atoms with Crippen LogP contribution >= 0.6 is 0 Å². The molecule has 0 bridgehead atoms. The average molecular weight is 618 g/mol. The van der Waals surface area contributed by atoms with Crippen molar-refractivity contribution in [3.05, 3.63) is 17.7 Å². The normalized spacial score (nSPS) is 22.9. The molecule has 3 atom stereocenters. The molecule has 2 saturated heterocycles. The van der Waals surface area contributed by atoms with E-state index in [9.17, 15) is 19.5 Å². The summed E-state index contributed by atoms with van der Waals surface area (Å²) in [6.07, 6.45) is 4.05. The number of amides is 2. The Bertz CT molecular complexity index is 1200. The number of carbonyl (C=O) groups is 3. The van der Waals surface area contributed by atoms with Crippen molar-refractivity contribution in [1.82, 2.24) is 14.7 Å². The number of carbonyl (C=O) groups excluding carboxylic acids is 2. The number of quaternary nitrogens is 1. The highest BCUT2D eigenvalue weighted by Crippen LogP contribution is 2.47. The van der Waals surface area contributed by atoms with E-state index in [1.54, 1.807) is 7.11 Å². The van der Waals surface area contributed by atoms with Crippen molar-refractivity contribution < 1.29 is 38.2 Å². The molecule has 2 fully saturated rings. The van der Waals surface area contributed by atoms with Gasteiger partial charge in [-0.2, -0.15) is 0 Å². The number of hydrogen-bond donors (Lipinski definition) is 1. The minimum Gasteiger partial charge on any atom is -0.493 e. The summed E-state index contributed by atoms with van der Waals surface area (Å²) < 4.78 is 17.6. The van der Waals surface area contributed by atoms with Crippen LogP contribution in [0.1, 0.15) is 64.4 Å². The summed E-state index contributed by atoms with van der Waals surface area (Å²) in [5.41, 5.74) is 0.372. The van der Waals surface area contributed by atoms with Gasteiger partial charge in [-0.05, 0) is 37.0 Å². The van der Waals surface area contributed by atoms with Crippen LogP contribution in [0.15, 0.2) is 12.1 Å². The third kappa shape index (κ3) is 7.77. The number of benzene rings is 1. The molecule has 246 valence electrons. The third-order valence-electron chi connectivity index (χ3n) is 9.44. The Morgan fingerprint density at radius 1 is 1.16 bits per heavy atom. The molecule has 0 aromatic heterocycles. The van der Waals surface area contributed by atoms with E-state index in [0.29, 0.717) is 56.4 Å². The van der Waals surface area contributed by atoms with Gasteiger partial charge >= 0.3 is 5.97 Å². The van der Waals surface area contributed by atoms with Crippen LogP contribution in [0.4, 0.5) is 0 Å². The number of hydrogen-bond acceptors (Lipinski definition) is 7. The summed E-state index contributed by atoms with van der Waals surface area (Å²) in [6, 6.07) is 3.26. The molecular weight excluding hydrogens is 564 g/mol. The van der Waals surface area contributed by atoms with Gasteiger partial charge in [0.2, 0.25) is 24.4 Å². The minimum absolute atomic E-state index is 0.0243. The summed E-state index contributed by atoms with van der Waals surface area (Å²) in [6.45, 7) is 10.1. The lowest BCUT2D eigenvalue weighted by atomic mass is 9.84. The molecule has 11 nitrogen and oxygen atoms in total. The standard InChI is InChI=1S/C33H52N4O7/c1-8-9-13-34(14-10-17-37(4,5)6)28(38)21-36-20-24(23-18-26(42-7)30-27(19-23)43-22-44-30)29(31(39)40)25(36)11-15-35-16-12-33(2,3)32(35)41/h18-19,24-25,29H,8-17,20-22H2,1-7H3/p+1/t24-,25+,29?/m1/s1. The molecule has 4 rings (SSSR count). The van der Waals surface area contributed by atoms with Gasteiger partial charge in [0.25, 0.3) is 0 Å². The molecule has 3 aliphatic heterocycles. The van der Waals surface area contributed by atoms with Crippen LogP contribution in [0.3, 0.4) is 0 Å². The van der Waals surface area contributed by atoms with Crippen LogP contribution in [0.25, 0.3) is 0 Å². The molecule has 1 aromatic rings. The summed E-state index contributed by atoms with van der Waals surface area (Å²) in [5, 5.41) is 10.6. The number of likely N-dealkylation sites (tertiary alicyclic amines) is 2. The summed E-state index contributed by atoms with van der Waals surface area (Å²) in [7, 11) is 8.00. The van der Waals surface area contributed by atoms with Crippen LogP contribution in [0.5, 0.6) is 17.2 Å². The zero-order valence-corrected chi connectivity index (χ0v) is 27.8. The Balaban J connectivity index is 1.61. The molecular formula is C33H53N4O7+. The van der Waals surface area contributed by atoms with Crippen molar-refractivity contribution in [3.8, 4) is 17.2 Å². The first-order valence-corrected chi connectivity index (χ1v) is 16.1. The molecule has 0 radical (unpaired) electrons. The number of rotatable bonds is 15. The fourth-order valence-corrected chi connectivity index (χ4v) is 6.83. The maximum absolute atomic E-state index is 13.9. The number of nitrogens with zero attached hydrogens (tertiary/aromatic N) is 4. The highest BCUT2D eigenvalue weighted by atomic mass is 16.7. The second-order valence-corrected chi connectivity index (χ2v) is 14.2. The van der Waals surface area contributed by atoms with Gasteiger partial charge in [0.1, 0.15) is 0 Å². The van der Waals surface area contributed by atoms with Gasteiger partial charge in [-0.15, -0.1) is 0 Å². The van der Waals surface area contributed by atoms with Gasteiger partial charge in [-0.3, -0.25) is 19.3 Å². The van der Waals surface area contributed by atoms with Gasteiger partial charge in [0.15, 0.2) is 11.5 Å². The van der Waals surface area contributed by atoms with E-state index in [-0.39, 0.29) is 25.2 Å². The first-order valence-electron chi connectivity index (χ1n) is 16.1. The molecule has 1 aromatic carbocycles. The number of aliphatic carboxylic acids is 1. The Hall–Kier alpha value is -3.05. The van der Waals surface area contributed by atoms with Crippen LogP contribution in [0, 0.1) is 11.3 Å². The molecule has 1 unspecified atom stereocenters. The molecule has 0 aliphatic carbocycles. The number of methoxy groups -OCH3 is 1. The number of carboxylic acids is 1. The first kappa shape index (κ1) is 33.8. The van der Waals surface area contributed by atoms with Crippen molar-refractivity contribution >= 4 is 17.8 Å². The van der Waals surface area contributed by atoms with Gasteiger partial charge in [-0.25, -0.2) is 0 Å². The Morgan fingerprint density at radius 3 is 2.50 bits per heavy atom.